The predicted octanol–water partition coefficient (Wildman–Crippen LogP) is 7.44. The lowest BCUT2D eigenvalue weighted by atomic mass is 9.98. The van der Waals surface area contributed by atoms with Crippen LogP contribution in [0.15, 0.2) is 72.8 Å². The molecule has 3 aromatic carbocycles. The number of rotatable bonds is 6. The van der Waals surface area contributed by atoms with Crippen molar-refractivity contribution in [3.8, 4) is 33.9 Å². The molecule has 0 aliphatic rings. The molecule has 5 aromatic rings. The summed E-state index contributed by atoms with van der Waals surface area (Å²) in [6, 6.07) is 22.8. The van der Waals surface area contributed by atoms with Crippen molar-refractivity contribution >= 4 is 50.4 Å². The second kappa shape index (κ2) is 10.1. The number of carbonyl (C=O) groups excluding carboxylic acids is 1. The number of nitrogens with zero attached hydrogens (tertiary/aromatic N) is 1. The molecule has 2 heterocycles. The molecule has 2 aromatic heterocycles. The average molecular weight is 530 g/mol. The number of thiophene rings is 1. The Bertz CT molecular complexity index is 1630. The largest absolute Gasteiger partial charge is 0.493 e. The van der Waals surface area contributed by atoms with Gasteiger partial charge in [-0.2, -0.15) is 0 Å². The zero-order valence-electron chi connectivity index (χ0n) is 20.5. The first-order chi connectivity index (χ1) is 17.9. The van der Waals surface area contributed by atoms with Gasteiger partial charge in [0.05, 0.1) is 25.6 Å². The fourth-order valence-corrected chi connectivity index (χ4v) is 5.35. The topological polar surface area (TPSA) is 86.5 Å². The minimum atomic E-state index is -0.321. The summed E-state index contributed by atoms with van der Waals surface area (Å²) >= 11 is 7.34. The van der Waals surface area contributed by atoms with Gasteiger partial charge < -0.3 is 20.5 Å². The van der Waals surface area contributed by atoms with E-state index in [0.29, 0.717) is 43.0 Å². The number of hydrogen-bond donors (Lipinski definition) is 2. The van der Waals surface area contributed by atoms with Crippen molar-refractivity contribution in [2.75, 3.05) is 25.3 Å². The second-order valence-electron chi connectivity index (χ2n) is 8.48. The minimum absolute atomic E-state index is 0.321. The van der Waals surface area contributed by atoms with E-state index in [4.69, 9.17) is 31.8 Å². The van der Waals surface area contributed by atoms with Crippen LogP contribution in [0.2, 0.25) is 5.02 Å². The van der Waals surface area contributed by atoms with Gasteiger partial charge in [-0.25, -0.2) is 4.98 Å². The third-order valence-corrected chi connectivity index (χ3v) is 7.36. The van der Waals surface area contributed by atoms with Gasteiger partial charge in [0.2, 0.25) is 0 Å². The molecule has 6 nitrogen and oxygen atoms in total. The van der Waals surface area contributed by atoms with Gasteiger partial charge in [-0.3, -0.25) is 4.79 Å². The van der Waals surface area contributed by atoms with Gasteiger partial charge in [-0.05, 0) is 54.4 Å². The fourth-order valence-electron chi connectivity index (χ4n) is 4.15. The van der Waals surface area contributed by atoms with Crippen molar-refractivity contribution in [2.45, 2.75) is 6.92 Å². The van der Waals surface area contributed by atoms with E-state index in [0.717, 1.165) is 27.9 Å². The molecule has 8 heteroatoms. The number of hydrogen-bond acceptors (Lipinski definition) is 6. The average Bonchev–Trinajstić information content (AvgIpc) is 3.24. The molecule has 5 rings (SSSR count). The Morgan fingerprint density at radius 2 is 1.68 bits per heavy atom. The molecule has 0 bridgehead atoms. The maximum atomic E-state index is 13.3. The van der Waals surface area contributed by atoms with Crippen LogP contribution in [0.5, 0.6) is 11.5 Å². The van der Waals surface area contributed by atoms with Crippen molar-refractivity contribution in [3.63, 3.8) is 0 Å². The van der Waals surface area contributed by atoms with Crippen molar-refractivity contribution < 1.29 is 14.3 Å². The summed E-state index contributed by atoms with van der Waals surface area (Å²) in [6.45, 7) is 2.04. The van der Waals surface area contributed by atoms with Crippen molar-refractivity contribution in [1.29, 1.82) is 0 Å². The summed E-state index contributed by atoms with van der Waals surface area (Å²) in [5.41, 5.74) is 12.2. The molecule has 0 aliphatic heterocycles. The molecule has 37 heavy (non-hydrogen) atoms. The number of aryl methyl sites for hydroxylation is 1. The number of methoxy groups -OCH3 is 2. The van der Waals surface area contributed by atoms with E-state index < -0.39 is 0 Å². The molecule has 0 fully saturated rings. The van der Waals surface area contributed by atoms with Crippen LogP contribution in [0.1, 0.15) is 15.2 Å². The van der Waals surface area contributed by atoms with E-state index in [9.17, 15) is 4.79 Å². The number of nitrogen functional groups attached to an aromatic ring is 1. The highest BCUT2D eigenvalue weighted by molar-refractivity contribution is 7.21. The molecular formula is C29H24ClN3O3S. The van der Waals surface area contributed by atoms with Crippen LogP contribution in [0.25, 0.3) is 32.6 Å². The van der Waals surface area contributed by atoms with Crippen LogP contribution in [0.3, 0.4) is 0 Å². The van der Waals surface area contributed by atoms with E-state index in [1.54, 1.807) is 38.5 Å². The lowest BCUT2D eigenvalue weighted by molar-refractivity contribution is 0.103. The number of ether oxygens (including phenoxy) is 2. The van der Waals surface area contributed by atoms with Gasteiger partial charge in [-0.1, -0.05) is 53.6 Å². The van der Waals surface area contributed by atoms with Gasteiger partial charge in [-0.15, -0.1) is 11.3 Å². The molecule has 0 unspecified atom stereocenters. The number of benzene rings is 3. The van der Waals surface area contributed by atoms with E-state index >= 15 is 0 Å². The van der Waals surface area contributed by atoms with Crippen LogP contribution in [-0.4, -0.2) is 25.1 Å². The monoisotopic (exact) mass is 529 g/mol. The number of aromatic nitrogens is 1. The zero-order valence-corrected chi connectivity index (χ0v) is 22.0. The molecule has 186 valence electrons. The zero-order chi connectivity index (χ0) is 26.1. The Kier molecular flexibility index (Phi) is 6.74. The SMILES string of the molecule is COc1ccc(-c2cc(-c3ccc(C)cc3)nc3sc(C(=O)Nc4cccc(Cl)c4)c(N)c23)cc1OC. The maximum Gasteiger partial charge on any atom is 0.267 e. The van der Waals surface area contributed by atoms with Crippen LogP contribution in [-0.2, 0) is 0 Å². The number of fused-ring (bicyclic) bond motifs is 1. The Balaban J connectivity index is 1.69. The quantitative estimate of drug-likeness (QED) is 0.238. The molecular weight excluding hydrogens is 506 g/mol. The van der Waals surface area contributed by atoms with E-state index in [1.807, 2.05) is 55.5 Å². The highest BCUT2D eigenvalue weighted by Crippen LogP contribution is 2.43. The van der Waals surface area contributed by atoms with Gasteiger partial charge in [0.15, 0.2) is 11.5 Å². The summed E-state index contributed by atoms with van der Waals surface area (Å²) < 4.78 is 11.0. The van der Waals surface area contributed by atoms with Gasteiger partial charge in [0.25, 0.3) is 5.91 Å². The summed E-state index contributed by atoms with van der Waals surface area (Å²) in [5, 5.41) is 4.13. The molecule has 0 saturated heterocycles. The van der Waals surface area contributed by atoms with Crippen LogP contribution >= 0.6 is 22.9 Å². The van der Waals surface area contributed by atoms with Gasteiger partial charge in [0.1, 0.15) is 9.71 Å². The molecule has 0 atom stereocenters. The van der Waals surface area contributed by atoms with Crippen LogP contribution in [0, 0.1) is 6.92 Å². The third-order valence-electron chi connectivity index (χ3n) is 6.03. The minimum Gasteiger partial charge on any atom is -0.493 e. The Morgan fingerprint density at radius 1 is 0.946 bits per heavy atom. The number of nitrogens with one attached hydrogen (secondary N) is 1. The molecule has 0 aliphatic carbocycles. The Labute approximate surface area is 223 Å². The molecule has 0 radical (unpaired) electrons. The Hall–Kier alpha value is -4.07. The van der Waals surface area contributed by atoms with E-state index in [1.165, 1.54) is 11.3 Å². The fraction of sp³-hybridized carbons (Fsp3) is 0.103. The Morgan fingerprint density at radius 3 is 2.38 bits per heavy atom. The summed E-state index contributed by atoms with van der Waals surface area (Å²) in [5.74, 6) is 0.891. The molecule has 0 spiro atoms. The summed E-state index contributed by atoms with van der Waals surface area (Å²) in [6.07, 6.45) is 0. The first-order valence-corrected chi connectivity index (χ1v) is 12.7. The summed E-state index contributed by atoms with van der Waals surface area (Å²) in [7, 11) is 3.19. The number of anilines is 2. The van der Waals surface area contributed by atoms with Crippen molar-refractivity contribution in [2.24, 2.45) is 0 Å². The number of pyridine rings is 1. The van der Waals surface area contributed by atoms with E-state index in [-0.39, 0.29) is 5.91 Å². The third kappa shape index (κ3) is 4.83. The standard InChI is InChI=1S/C29H24ClN3O3S/c1-16-7-9-17(10-8-16)22-15-21(18-11-12-23(35-2)24(13-18)36-3)25-26(31)27(37-29(25)33-22)28(34)32-20-6-4-5-19(30)14-20/h4-15H,31H2,1-3H3,(H,32,34). The molecule has 3 N–H and O–H groups in total. The molecule has 0 saturated carbocycles. The number of nitrogens with two attached hydrogens (primary N) is 1. The predicted molar refractivity (Wildman–Crippen MR) is 152 cm³/mol. The lowest BCUT2D eigenvalue weighted by Crippen LogP contribution is -2.11. The smallest absolute Gasteiger partial charge is 0.267 e. The number of carbonyl (C=O) groups is 1. The van der Waals surface area contributed by atoms with E-state index in [2.05, 4.69) is 5.32 Å². The van der Waals surface area contributed by atoms with Crippen molar-refractivity contribution in [1.82, 2.24) is 4.98 Å². The maximum absolute atomic E-state index is 13.3. The molecule has 1 amide bonds. The number of halogens is 1. The summed E-state index contributed by atoms with van der Waals surface area (Å²) in [4.78, 5) is 19.2. The first-order valence-electron chi connectivity index (χ1n) is 11.5. The lowest BCUT2D eigenvalue weighted by Gasteiger charge is -2.12. The second-order valence-corrected chi connectivity index (χ2v) is 9.92. The highest BCUT2D eigenvalue weighted by Gasteiger charge is 2.22. The first kappa shape index (κ1) is 24.6. The van der Waals surface area contributed by atoms with Gasteiger partial charge >= 0.3 is 0 Å². The van der Waals surface area contributed by atoms with Gasteiger partial charge in [0, 0.05) is 21.7 Å². The van der Waals surface area contributed by atoms with Crippen molar-refractivity contribution in [3.05, 3.63) is 88.3 Å². The number of amides is 1. The van der Waals surface area contributed by atoms with Crippen LogP contribution in [0.4, 0.5) is 11.4 Å². The normalized spacial score (nSPS) is 10.9. The highest BCUT2D eigenvalue weighted by atomic mass is 35.5. The van der Waals surface area contributed by atoms with Crippen LogP contribution < -0.4 is 20.5 Å².